The van der Waals surface area contributed by atoms with Crippen LogP contribution in [-0.4, -0.2) is 144 Å². The molecule has 2 aromatic carbocycles. The van der Waals surface area contributed by atoms with Gasteiger partial charge in [-0.2, -0.15) is 26.3 Å². The Morgan fingerprint density at radius 3 is 1.50 bits per heavy atom. The van der Waals surface area contributed by atoms with Crippen molar-refractivity contribution in [2.45, 2.75) is 81.7 Å². The molecule has 3 heterocycles. The van der Waals surface area contributed by atoms with E-state index in [1.165, 1.54) is 36.7 Å². The minimum Gasteiger partial charge on any atom is -0.462 e. The summed E-state index contributed by atoms with van der Waals surface area (Å²) in [6.45, 7) is 7.76. The Morgan fingerprint density at radius 2 is 1.12 bits per heavy atom. The number of anilines is 1. The number of nitrogens with one attached hydrogen (secondary N) is 1. The second-order valence-corrected chi connectivity index (χ2v) is 17.1. The number of hydrogen-bond donors (Lipinski definition) is 2. The molecule has 0 bridgehead atoms. The molecule has 66 heavy (non-hydrogen) atoms. The van der Waals surface area contributed by atoms with Gasteiger partial charge in [0.25, 0.3) is 0 Å². The van der Waals surface area contributed by atoms with Crippen molar-refractivity contribution in [3.05, 3.63) is 89.2 Å². The number of nitrogens with two attached hydrogens (primary N) is 1. The Labute approximate surface area is 385 Å². The summed E-state index contributed by atoms with van der Waals surface area (Å²) in [7, 11) is 0. The Hall–Kier alpha value is -4.66. The molecule has 0 spiro atoms. The van der Waals surface area contributed by atoms with Crippen molar-refractivity contribution in [3.8, 4) is 0 Å². The lowest BCUT2D eigenvalue weighted by Gasteiger charge is -2.35. The van der Waals surface area contributed by atoms with Crippen LogP contribution in [0.3, 0.4) is 0 Å². The zero-order valence-electron chi connectivity index (χ0n) is 36.6. The van der Waals surface area contributed by atoms with E-state index in [0.717, 1.165) is 53.4 Å². The average Bonchev–Trinajstić information content (AvgIpc) is 4.22. The zero-order valence-corrected chi connectivity index (χ0v) is 37.4. The van der Waals surface area contributed by atoms with E-state index >= 15 is 0 Å². The molecule has 4 aliphatic rings. The van der Waals surface area contributed by atoms with Gasteiger partial charge in [0.1, 0.15) is 11.6 Å². The molecule has 2 amide bonds. The number of carbonyl (C=O) groups is 3. The fraction of sp³-hybridized carbons (Fsp3) is 0.578. The van der Waals surface area contributed by atoms with Crippen molar-refractivity contribution in [1.29, 1.82) is 0 Å². The monoisotopic (exact) mass is 960 g/mol. The average molecular weight is 961 g/mol. The molecule has 7 rings (SSSR count). The molecule has 0 radical (unpaired) electrons. The predicted octanol–water partition coefficient (Wildman–Crippen LogP) is 7.03. The second kappa shape index (κ2) is 23.4. The van der Waals surface area contributed by atoms with Crippen molar-refractivity contribution in [1.82, 2.24) is 29.6 Å². The van der Waals surface area contributed by atoms with Gasteiger partial charge in [-0.25, -0.2) is 23.5 Å². The van der Waals surface area contributed by atoms with Crippen LogP contribution in [0.5, 0.6) is 0 Å². The fourth-order valence-electron chi connectivity index (χ4n) is 8.84. The Kier molecular flexibility index (Phi) is 18.5. The first-order chi connectivity index (χ1) is 30.9. The molecule has 2 aliphatic carbocycles. The summed E-state index contributed by atoms with van der Waals surface area (Å²) in [6, 6.07) is 10.5. The highest BCUT2D eigenvalue weighted by Crippen LogP contribution is 2.47. The number of likely N-dealkylation sites (tertiary alicyclic amines) is 2. The number of alkyl halides is 6. The number of benzene rings is 2. The van der Waals surface area contributed by atoms with Crippen molar-refractivity contribution < 1.29 is 54.2 Å². The molecule has 4 unspecified atom stereocenters. The summed E-state index contributed by atoms with van der Waals surface area (Å²) in [4.78, 5) is 50.6. The van der Waals surface area contributed by atoms with E-state index in [1.807, 2.05) is 0 Å². The largest absolute Gasteiger partial charge is 0.471 e. The topological polar surface area (TPSA) is 137 Å². The van der Waals surface area contributed by atoms with Crippen LogP contribution in [0.1, 0.15) is 78.8 Å². The fourth-order valence-corrected chi connectivity index (χ4v) is 8.84. The second-order valence-electron chi connectivity index (χ2n) is 17.1. The van der Waals surface area contributed by atoms with Crippen LogP contribution < -0.4 is 11.1 Å². The highest BCUT2D eigenvalue weighted by molar-refractivity contribution is 5.88. The van der Waals surface area contributed by atoms with Gasteiger partial charge < -0.3 is 35.4 Å². The first-order valence-corrected chi connectivity index (χ1v) is 22.1. The van der Waals surface area contributed by atoms with Gasteiger partial charge in [-0.05, 0) is 119 Å². The highest BCUT2D eigenvalue weighted by Gasteiger charge is 2.53. The number of piperidine rings is 2. The maximum absolute atomic E-state index is 13.4. The molecule has 364 valence electrons. The number of esters is 1. The van der Waals surface area contributed by atoms with E-state index in [2.05, 4.69) is 25.1 Å². The van der Waals surface area contributed by atoms with Gasteiger partial charge in [-0.3, -0.25) is 9.59 Å². The lowest BCUT2D eigenvalue weighted by Crippen LogP contribution is -2.47. The number of carbonyl (C=O) groups excluding carboxylic acids is 3. The first-order valence-electron chi connectivity index (χ1n) is 22.1. The number of rotatable bonds is 16. The van der Waals surface area contributed by atoms with Crippen molar-refractivity contribution in [3.63, 3.8) is 0 Å². The summed E-state index contributed by atoms with van der Waals surface area (Å²) >= 11 is 0. The SMILES string of the molecule is CCOC(=O)c1cnc(NCCN2CCC(CN(C(=O)C(F)(F)F)C3CC3c3ccc(F)cc3)CC2)nc1.Cl.NCCN1CCC(CN(C(=O)C(F)(F)F)C2CC2c2ccc(F)cc2)CC1. The van der Waals surface area contributed by atoms with Crippen LogP contribution in [0.15, 0.2) is 60.9 Å². The third-order valence-electron chi connectivity index (χ3n) is 12.6. The summed E-state index contributed by atoms with van der Waals surface area (Å²) < 4.78 is 111. The number of halogens is 9. The number of hydrogen-bond acceptors (Lipinski definition) is 10. The van der Waals surface area contributed by atoms with Gasteiger partial charge in [0.15, 0.2) is 0 Å². The minimum absolute atomic E-state index is 0. The smallest absolute Gasteiger partial charge is 0.462 e. The van der Waals surface area contributed by atoms with E-state index in [1.54, 1.807) is 31.2 Å². The van der Waals surface area contributed by atoms with Gasteiger partial charge in [0.2, 0.25) is 5.95 Å². The standard InChI is InChI=1S/C26H31F4N5O3.C19H25F4N3O.ClH/c1-2-38-23(36)19-14-32-25(33-15-19)31-9-12-34-10-7-17(8-11-34)16-35(24(37)26(28,29)30)22-13-21(22)18-3-5-20(27)6-4-18;20-15-3-1-14(2-4-15)16-11-17(16)26(18(27)19(21,22)23)12-13-5-8-25(9-6-13)10-7-24;/h3-6,14-15,17,21-22H,2,7-13,16H2,1H3,(H,31,32,33);1-4,13,16-17H,5-12,24H2;1H. The van der Waals surface area contributed by atoms with Crippen molar-refractivity contribution >= 4 is 36.1 Å². The number of aromatic nitrogens is 2. The summed E-state index contributed by atoms with van der Waals surface area (Å²) in [5.74, 6) is -4.79. The van der Waals surface area contributed by atoms with Crippen LogP contribution >= 0.6 is 12.4 Å². The van der Waals surface area contributed by atoms with Gasteiger partial charge in [-0.1, -0.05) is 24.3 Å². The number of amides is 2. The van der Waals surface area contributed by atoms with E-state index in [9.17, 15) is 49.5 Å². The van der Waals surface area contributed by atoms with Crippen molar-refractivity contribution in [2.24, 2.45) is 17.6 Å². The molecule has 1 aromatic heterocycles. The molecule has 3 aromatic rings. The van der Waals surface area contributed by atoms with Crippen LogP contribution in [0.25, 0.3) is 0 Å². The summed E-state index contributed by atoms with van der Waals surface area (Å²) in [5.41, 5.74) is 7.34. The molecule has 2 saturated carbocycles. The predicted molar refractivity (Wildman–Crippen MR) is 232 cm³/mol. The molecular formula is C45H57ClF8N8O4. The van der Waals surface area contributed by atoms with Crippen LogP contribution in [0, 0.1) is 23.5 Å². The molecule has 2 saturated heterocycles. The molecule has 12 nitrogen and oxygen atoms in total. The highest BCUT2D eigenvalue weighted by atomic mass is 35.5. The normalized spacial score (nSPS) is 21.4. The number of nitrogens with zero attached hydrogens (tertiary/aromatic N) is 6. The molecule has 3 N–H and O–H groups in total. The van der Waals surface area contributed by atoms with E-state index in [0.29, 0.717) is 64.4 Å². The van der Waals surface area contributed by atoms with Gasteiger partial charge >= 0.3 is 30.1 Å². The molecular weight excluding hydrogens is 904 g/mol. The maximum atomic E-state index is 13.4. The van der Waals surface area contributed by atoms with Gasteiger partial charge in [-0.15, -0.1) is 12.4 Å². The molecule has 4 atom stereocenters. The minimum atomic E-state index is -4.93. The van der Waals surface area contributed by atoms with Crippen LogP contribution in [0.2, 0.25) is 0 Å². The lowest BCUT2D eigenvalue weighted by molar-refractivity contribution is -0.187. The quantitative estimate of drug-likeness (QED) is 0.114. The summed E-state index contributed by atoms with van der Waals surface area (Å²) in [5, 5.41) is 3.09. The molecule has 21 heteroatoms. The van der Waals surface area contributed by atoms with E-state index < -0.39 is 48.0 Å². The Balaban J connectivity index is 0.000000258. The Bertz CT molecular complexity index is 2020. The van der Waals surface area contributed by atoms with E-state index in [4.69, 9.17) is 10.5 Å². The Morgan fingerprint density at radius 1 is 0.712 bits per heavy atom. The third-order valence-corrected chi connectivity index (χ3v) is 12.6. The lowest BCUT2D eigenvalue weighted by atomic mass is 9.95. The van der Waals surface area contributed by atoms with E-state index in [-0.39, 0.29) is 67.2 Å². The van der Waals surface area contributed by atoms with Crippen molar-refractivity contribution in [2.75, 3.05) is 77.4 Å². The zero-order chi connectivity index (χ0) is 46.9. The van der Waals surface area contributed by atoms with Crippen LogP contribution in [0.4, 0.5) is 41.1 Å². The van der Waals surface area contributed by atoms with Crippen LogP contribution in [-0.2, 0) is 14.3 Å². The number of ether oxygens (including phenoxy) is 1. The third kappa shape index (κ3) is 14.7. The molecule has 2 aliphatic heterocycles. The maximum Gasteiger partial charge on any atom is 0.471 e. The van der Waals surface area contributed by atoms with Gasteiger partial charge in [0, 0.05) is 75.6 Å². The van der Waals surface area contributed by atoms with Gasteiger partial charge in [0.05, 0.1) is 12.2 Å². The summed E-state index contributed by atoms with van der Waals surface area (Å²) in [6.07, 6.45) is -3.21. The molecule has 4 fully saturated rings. The first kappa shape index (κ1) is 52.3.